The molecule has 0 aromatic carbocycles. The zero-order chi connectivity index (χ0) is 13.0. The minimum absolute atomic E-state index is 0.00171. The highest BCUT2D eigenvalue weighted by Gasteiger charge is 2.14. The first kappa shape index (κ1) is 13.0. The van der Waals surface area contributed by atoms with Gasteiger partial charge in [0.2, 0.25) is 11.9 Å². The molecule has 8 heteroatoms. The number of aromatic nitrogens is 3. The summed E-state index contributed by atoms with van der Waals surface area (Å²) < 4.78 is 0. The highest BCUT2D eigenvalue weighted by atomic mass is 35.5. The Labute approximate surface area is 103 Å². The van der Waals surface area contributed by atoms with Crippen LogP contribution < -0.4 is 10.6 Å². The lowest BCUT2D eigenvalue weighted by Crippen LogP contribution is -2.16. The van der Waals surface area contributed by atoms with E-state index in [4.69, 9.17) is 22.6 Å². The molecule has 0 aliphatic carbocycles. The van der Waals surface area contributed by atoms with Crippen molar-refractivity contribution in [1.29, 1.82) is 5.26 Å². The third kappa shape index (κ3) is 2.95. The fraction of sp³-hybridized carbons (Fsp3) is 0.333. The first-order valence-corrected chi connectivity index (χ1v) is 5.10. The van der Waals surface area contributed by atoms with E-state index in [0.29, 0.717) is 5.95 Å². The molecule has 0 aliphatic rings. The Balaban J connectivity index is 3.37. The van der Waals surface area contributed by atoms with E-state index in [1.54, 1.807) is 25.1 Å². The number of anilines is 2. The van der Waals surface area contributed by atoms with Gasteiger partial charge in [0.05, 0.1) is 5.88 Å². The Morgan fingerprint density at radius 2 is 2.12 bits per heavy atom. The molecular formula is C9H11ClN6O. The number of hydrogen-bond donors (Lipinski definition) is 2. The van der Waals surface area contributed by atoms with Crippen molar-refractivity contribution in [2.75, 3.05) is 30.6 Å². The topological polar surface area (TPSA) is 112 Å². The van der Waals surface area contributed by atoms with Crippen molar-refractivity contribution in [3.63, 3.8) is 0 Å². The van der Waals surface area contributed by atoms with Gasteiger partial charge in [-0.05, 0) is 0 Å². The molecule has 0 fully saturated rings. The van der Waals surface area contributed by atoms with Crippen LogP contribution in [0.3, 0.4) is 0 Å². The van der Waals surface area contributed by atoms with Crippen molar-refractivity contribution < 1.29 is 5.11 Å². The number of halogens is 1. The van der Waals surface area contributed by atoms with Gasteiger partial charge < -0.3 is 15.7 Å². The smallest absolute Gasteiger partial charge is 0.230 e. The largest absolute Gasteiger partial charge is 0.510 e. The molecule has 17 heavy (non-hydrogen) atoms. The molecule has 0 spiro atoms. The van der Waals surface area contributed by atoms with Crippen molar-refractivity contribution in [2.24, 2.45) is 0 Å². The fourth-order valence-corrected chi connectivity index (χ4v) is 1.14. The van der Waals surface area contributed by atoms with Gasteiger partial charge in [-0.1, -0.05) is 0 Å². The van der Waals surface area contributed by atoms with Gasteiger partial charge in [-0.3, -0.25) is 0 Å². The quantitative estimate of drug-likeness (QED) is 0.460. The number of nitriles is 1. The first-order chi connectivity index (χ1) is 7.99. The number of nitrogens with zero attached hydrogens (tertiary/aromatic N) is 5. The maximum atomic E-state index is 9.46. The van der Waals surface area contributed by atoms with E-state index in [1.165, 1.54) is 0 Å². The summed E-state index contributed by atoms with van der Waals surface area (Å²) in [7, 11) is 3.44. The number of hydrogen-bond acceptors (Lipinski definition) is 7. The van der Waals surface area contributed by atoms with Crippen molar-refractivity contribution >= 4 is 29.1 Å². The highest BCUT2D eigenvalue weighted by Crippen LogP contribution is 2.16. The molecule has 0 atom stereocenters. The molecule has 0 radical (unpaired) electrons. The predicted molar refractivity (Wildman–Crippen MR) is 64.4 cm³/mol. The summed E-state index contributed by atoms with van der Waals surface area (Å²) in [4.78, 5) is 13.3. The van der Waals surface area contributed by atoms with E-state index in [2.05, 4.69) is 15.0 Å². The number of aliphatic hydroxyl groups excluding tert-OH is 1. The van der Waals surface area contributed by atoms with Crippen LogP contribution in [0, 0.1) is 11.3 Å². The van der Waals surface area contributed by atoms with Gasteiger partial charge in [-0.2, -0.15) is 20.2 Å². The summed E-state index contributed by atoms with van der Waals surface area (Å²) in [6, 6.07) is 1.78. The highest BCUT2D eigenvalue weighted by molar-refractivity contribution is 6.19. The molecular weight excluding hydrogens is 244 g/mol. The van der Waals surface area contributed by atoms with Gasteiger partial charge in [0.1, 0.15) is 17.4 Å². The SMILES string of the molecule is CN(C)c1nc(N)nc(C(C#N)=C(O)CCl)n1. The van der Waals surface area contributed by atoms with E-state index in [9.17, 15) is 5.11 Å². The van der Waals surface area contributed by atoms with Crippen molar-refractivity contribution in [3.8, 4) is 6.07 Å². The number of allylic oxidation sites excluding steroid dienone is 2. The van der Waals surface area contributed by atoms with Crippen LogP contribution in [0.1, 0.15) is 5.82 Å². The normalized spacial score (nSPS) is 11.6. The summed E-state index contributed by atoms with van der Waals surface area (Å²) in [5.74, 6) is -0.242. The maximum absolute atomic E-state index is 9.46. The lowest BCUT2D eigenvalue weighted by molar-refractivity contribution is 0.419. The number of nitrogens with two attached hydrogens (primary N) is 1. The average molecular weight is 255 g/mol. The Morgan fingerprint density at radius 1 is 1.47 bits per heavy atom. The van der Waals surface area contributed by atoms with E-state index < -0.39 is 0 Å². The fourth-order valence-electron chi connectivity index (χ4n) is 1.00. The summed E-state index contributed by atoms with van der Waals surface area (Å²) in [5, 5.41) is 18.4. The molecule has 90 valence electrons. The molecule has 0 saturated heterocycles. The maximum Gasteiger partial charge on any atom is 0.230 e. The average Bonchev–Trinajstić information content (AvgIpc) is 2.28. The van der Waals surface area contributed by atoms with E-state index in [0.717, 1.165) is 0 Å². The lowest BCUT2D eigenvalue weighted by atomic mass is 10.2. The molecule has 1 heterocycles. The Hall–Kier alpha value is -2.07. The predicted octanol–water partition coefficient (Wildman–Crippen LogP) is 0.551. The molecule has 1 aromatic rings. The van der Waals surface area contributed by atoms with Crippen LogP contribution in [0.2, 0.25) is 0 Å². The van der Waals surface area contributed by atoms with Crippen LogP contribution in [0.15, 0.2) is 5.76 Å². The van der Waals surface area contributed by atoms with Crippen LogP contribution in [-0.2, 0) is 0 Å². The van der Waals surface area contributed by atoms with E-state index >= 15 is 0 Å². The van der Waals surface area contributed by atoms with Gasteiger partial charge in [0.25, 0.3) is 0 Å². The van der Waals surface area contributed by atoms with Gasteiger partial charge >= 0.3 is 0 Å². The van der Waals surface area contributed by atoms with Crippen LogP contribution in [0.25, 0.3) is 5.57 Å². The molecule has 0 amide bonds. The first-order valence-electron chi connectivity index (χ1n) is 4.57. The molecule has 0 unspecified atom stereocenters. The van der Waals surface area contributed by atoms with Crippen LogP contribution in [0.4, 0.5) is 11.9 Å². The Morgan fingerprint density at radius 3 is 2.59 bits per heavy atom. The Bertz CT molecular complexity index is 493. The van der Waals surface area contributed by atoms with Crippen molar-refractivity contribution in [1.82, 2.24) is 15.0 Å². The molecule has 1 rings (SSSR count). The van der Waals surface area contributed by atoms with E-state index in [-0.39, 0.29) is 29.0 Å². The molecule has 0 bridgehead atoms. The second-order valence-electron chi connectivity index (χ2n) is 3.28. The second kappa shape index (κ2) is 5.32. The number of aliphatic hydroxyl groups is 1. The standard InChI is InChI=1S/C9H11ClN6O/c1-16(2)9-14-7(13-8(12)15-9)5(4-11)6(17)3-10/h17H,3H2,1-2H3,(H2,12,13,14,15). The lowest BCUT2D eigenvalue weighted by Gasteiger charge is -2.11. The summed E-state index contributed by atoms with van der Waals surface area (Å²) in [5.41, 5.74) is 5.38. The molecule has 0 saturated carbocycles. The second-order valence-corrected chi connectivity index (χ2v) is 3.55. The van der Waals surface area contributed by atoms with E-state index in [1.807, 2.05) is 0 Å². The van der Waals surface area contributed by atoms with Crippen molar-refractivity contribution in [3.05, 3.63) is 11.6 Å². The zero-order valence-corrected chi connectivity index (χ0v) is 10.1. The van der Waals surface area contributed by atoms with Crippen molar-refractivity contribution in [2.45, 2.75) is 0 Å². The molecule has 3 N–H and O–H groups in total. The molecule has 7 nitrogen and oxygen atoms in total. The monoisotopic (exact) mass is 254 g/mol. The third-order valence-electron chi connectivity index (χ3n) is 1.79. The van der Waals surface area contributed by atoms with Gasteiger partial charge in [0, 0.05) is 14.1 Å². The Kier molecular flexibility index (Phi) is 4.06. The minimum Gasteiger partial charge on any atom is -0.510 e. The minimum atomic E-state index is -0.301. The summed E-state index contributed by atoms with van der Waals surface area (Å²) in [6.07, 6.45) is 0. The van der Waals surface area contributed by atoms with Crippen LogP contribution in [0.5, 0.6) is 0 Å². The summed E-state index contributed by atoms with van der Waals surface area (Å²) >= 11 is 5.45. The molecule has 0 aliphatic heterocycles. The van der Waals surface area contributed by atoms with Gasteiger partial charge in [0.15, 0.2) is 5.82 Å². The number of rotatable bonds is 3. The number of alkyl halides is 1. The third-order valence-corrected chi connectivity index (χ3v) is 2.04. The van der Waals surface area contributed by atoms with Gasteiger partial charge in [-0.15, -0.1) is 11.6 Å². The van der Waals surface area contributed by atoms with Crippen LogP contribution >= 0.6 is 11.6 Å². The van der Waals surface area contributed by atoms with Crippen LogP contribution in [-0.4, -0.2) is 40.0 Å². The molecule has 1 aromatic heterocycles. The zero-order valence-electron chi connectivity index (χ0n) is 9.35. The summed E-state index contributed by atoms with van der Waals surface area (Å²) in [6.45, 7) is 0. The number of nitrogen functional groups attached to an aromatic ring is 1. The van der Waals surface area contributed by atoms with Gasteiger partial charge in [-0.25, -0.2) is 0 Å².